The summed E-state index contributed by atoms with van der Waals surface area (Å²) in [4.78, 5) is 18.4. The Morgan fingerprint density at radius 2 is 2.23 bits per heavy atom. The molecule has 0 saturated heterocycles. The maximum Gasteiger partial charge on any atom is 0.247 e. The number of rotatable bonds is 6. The summed E-state index contributed by atoms with van der Waals surface area (Å²) in [7, 11) is 0. The van der Waals surface area contributed by atoms with E-state index in [9.17, 15) is 9.90 Å². The van der Waals surface area contributed by atoms with Gasteiger partial charge in [0.2, 0.25) is 5.91 Å². The molecule has 2 aromatic rings. The van der Waals surface area contributed by atoms with E-state index in [0.717, 1.165) is 17.0 Å². The fraction of sp³-hybridized carbons (Fsp3) is 0.438. The van der Waals surface area contributed by atoms with Crippen LogP contribution in [0.4, 0.5) is 0 Å². The zero-order chi connectivity index (χ0) is 16.1. The van der Waals surface area contributed by atoms with E-state index in [2.05, 4.69) is 10.1 Å². The van der Waals surface area contributed by atoms with E-state index in [1.54, 1.807) is 22.0 Å². The fourth-order valence-electron chi connectivity index (χ4n) is 2.51. The zero-order valence-electron chi connectivity index (χ0n) is 13.2. The number of carbonyl (C=O) groups excluding carboxylic acids is 1. The van der Waals surface area contributed by atoms with Crippen LogP contribution in [-0.4, -0.2) is 43.8 Å². The summed E-state index contributed by atoms with van der Waals surface area (Å²) in [6, 6.07) is 5.29. The predicted molar refractivity (Wildman–Crippen MR) is 83.2 cm³/mol. The van der Waals surface area contributed by atoms with Gasteiger partial charge in [-0.15, -0.1) is 0 Å². The normalized spacial score (nSPS) is 12.2. The van der Waals surface area contributed by atoms with Crippen molar-refractivity contribution < 1.29 is 9.90 Å². The first kappa shape index (κ1) is 16.2. The maximum atomic E-state index is 12.7. The number of nitrogens with zero attached hydrogens (tertiary/aromatic N) is 4. The summed E-state index contributed by atoms with van der Waals surface area (Å²) >= 11 is 0. The fourth-order valence-corrected chi connectivity index (χ4v) is 2.51. The van der Waals surface area contributed by atoms with E-state index in [0.29, 0.717) is 6.54 Å². The van der Waals surface area contributed by atoms with Gasteiger partial charge >= 0.3 is 0 Å². The minimum Gasteiger partial charge on any atom is -0.395 e. The summed E-state index contributed by atoms with van der Waals surface area (Å²) in [6.45, 7) is 6.31. The first-order valence-electron chi connectivity index (χ1n) is 7.34. The number of aliphatic hydroxyl groups is 1. The van der Waals surface area contributed by atoms with Crippen molar-refractivity contribution in [2.75, 3.05) is 13.2 Å². The third kappa shape index (κ3) is 3.71. The first-order chi connectivity index (χ1) is 10.5. The summed E-state index contributed by atoms with van der Waals surface area (Å²) in [5, 5.41) is 13.6. The minimum absolute atomic E-state index is 0.0656. The van der Waals surface area contributed by atoms with E-state index in [1.165, 1.54) is 0 Å². The second-order valence-corrected chi connectivity index (χ2v) is 5.39. The third-order valence-electron chi connectivity index (χ3n) is 3.55. The van der Waals surface area contributed by atoms with Crippen molar-refractivity contribution in [2.24, 2.45) is 0 Å². The summed E-state index contributed by atoms with van der Waals surface area (Å²) < 4.78 is 1.73. The van der Waals surface area contributed by atoms with Crippen LogP contribution in [0.25, 0.3) is 0 Å². The molecule has 0 aromatic carbocycles. The van der Waals surface area contributed by atoms with Crippen molar-refractivity contribution >= 4 is 5.91 Å². The number of carbonyl (C=O) groups is 1. The molecule has 0 spiro atoms. The number of aromatic nitrogens is 3. The number of aryl methyl sites for hydroxylation is 2. The van der Waals surface area contributed by atoms with Crippen molar-refractivity contribution in [1.82, 2.24) is 19.7 Å². The second-order valence-electron chi connectivity index (χ2n) is 5.39. The molecule has 0 bridgehead atoms. The Kier molecular flexibility index (Phi) is 5.27. The molecule has 1 atom stereocenters. The number of pyridine rings is 1. The van der Waals surface area contributed by atoms with Crippen LogP contribution in [0.15, 0.2) is 30.6 Å². The highest BCUT2D eigenvalue weighted by molar-refractivity contribution is 5.80. The second kappa shape index (κ2) is 7.17. The molecule has 1 unspecified atom stereocenters. The lowest BCUT2D eigenvalue weighted by atomic mass is 10.2. The van der Waals surface area contributed by atoms with Gasteiger partial charge < -0.3 is 10.0 Å². The number of aliphatic hydroxyl groups excluding tert-OH is 1. The SMILES string of the molecule is Cc1cc(C)n(C(C)C(=O)N(CCO)Cc2cccnc2)n1. The van der Waals surface area contributed by atoms with Crippen LogP contribution in [-0.2, 0) is 11.3 Å². The standard InChI is InChI=1S/C16H22N4O2/c1-12-9-13(2)20(18-12)14(3)16(22)19(7-8-21)11-15-5-4-6-17-10-15/h4-6,9-10,14,21H,7-8,11H2,1-3H3. The van der Waals surface area contributed by atoms with Gasteiger partial charge in [0.05, 0.1) is 12.3 Å². The monoisotopic (exact) mass is 302 g/mol. The highest BCUT2D eigenvalue weighted by Crippen LogP contribution is 2.15. The molecule has 2 heterocycles. The lowest BCUT2D eigenvalue weighted by Crippen LogP contribution is -2.38. The van der Waals surface area contributed by atoms with Gasteiger partial charge in [-0.3, -0.25) is 14.5 Å². The van der Waals surface area contributed by atoms with Crippen LogP contribution in [0.1, 0.15) is 29.9 Å². The van der Waals surface area contributed by atoms with Crippen LogP contribution in [0.2, 0.25) is 0 Å². The van der Waals surface area contributed by atoms with Crippen LogP contribution in [0.3, 0.4) is 0 Å². The van der Waals surface area contributed by atoms with E-state index < -0.39 is 6.04 Å². The van der Waals surface area contributed by atoms with Crippen molar-refractivity contribution in [3.63, 3.8) is 0 Å². The van der Waals surface area contributed by atoms with Gasteiger partial charge in [-0.1, -0.05) is 6.07 Å². The molecular formula is C16H22N4O2. The largest absolute Gasteiger partial charge is 0.395 e. The smallest absolute Gasteiger partial charge is 0.247 e. The first-order valence-corrected chi connectivity index (χ1v) is 7.34. The topological polar surface area (TPSA) is 71.2 Å². The van der Waals surface area contributed by atoms with E-state index in [1.807, 2.05) is 39.0 Å². The number of amides is 1. The predicted octanol–water partition coefficient (Wildman–Crippen LogP) is 1.48. The minimum atomic E-state index is -0.406. The molecule has 1 amide bonds. The van der Waals surface area contributed by atoms with Crippen LogP contribution in [0.5, 0.6) is 0 Å². The molecule has 118 valence electrons. The summed E-state index contributed by atoms with van der Waals surface area (Å²) in [5.74, 6) is -0.0656. The highest BCUT2D eigenvalue weighted by Gasteiger charge is 2.23. The van der Waals surface area contributed by atoms with Crippen molar-refractivity contribution in [2.45, 2.75) is 33.4 Å². The van der Waals surface area contributed by atoms with E-state index >= 15 is 0 Å². The van der Waals surface area contributed by atoms with Gasteiger partial charge in [0.15, 0.2) is 0 Å². The van der Waals surface area contributed by atoms with Crippen LogP contribution < -0.4 is 0 Å². The van der Waals surface area contributed by atoms with Crippen LogP contribution >= 0.6 is 0 Å². The molecule has 0 aliphatic carbocycles. The van der Waals surface area contributed by atoms with E-state index in [4.69, 9.17) is 0 Å². The van der Waals surface area contributed by atoms with Gasteiger partial charge in [-0.05, 0) is 38.5 Å². The van der Waals surface area contributed by atoms with Crippen molar-refractivity contribution in [3.05, 3.63) is 47.5 Å². The number of hydrogen-bond acceptors (Lipinski definition) is 4. The average Bonchev–Trinajstić information content (AvgIpc) is 2.85. The lowest BCUT2D eigenvalue weighted by molar-refractivity contribution is -0.135. The number of hydrogen-bond donors (Lipinski definition) is 1. The van der Waals surface area contributed by atoms with Crippen molar-refractivity contribution in [3.8, 4) is 0 Å². The summed E-state index contributed by atoms with van der Waals surface area (Å²) in [5.41, 5.74) is 2.77. The Labute approximate surface area is 130 Å². The molecule has 22 heavy (non-hydrogen) atoms. The Hall–Kier alpha value is -2.21. The van der Waals surface area contributed by atoms with Gasteiger partial charge in [0, 0.05) is 31.2 Å². The molecule has 0 fully saturated rings. The Morgan fingerprint density at radius 1 is 1.45 bits per heavy atom. The van der Waals surface area contributed by atoms with Gasteiger partial charge in [0.1, 0.15) is 6.04 Å². The quantitative estimate of drug-likeness (QED) is 0.877. The molecule has 0 aliphatic heterocycles. The molecule has 1 N–H and O–H groups in total. The zero-order valence-corrected chi connectivity index (χ0v) is 13.2. The molecule has 2 aromatic heterocycles. The Bertz CT molecular complexity index is 624. The lowest BCUT2D eigenvalue weighted by Gasteiger charge is -2.25. The van der Waals surface area contributed by atoms with Crippen LogP contribution in [0, 0.1) is 13.8 Å². The van der Waals surface area contributed by atoms with Gasteiger partial charge in [0.25, 0.3) is 0 Å². The Morgan fingerprint density at radius 3 is 2.77 bits per heavy atom. The Balaban J connectivity index is 2.17. The molecule has 0 aliphatic rings. The molecule has 6 heteroatoms. The maximum absolute atomic E-state index is 12.7. The molecule has 0 radical (unpaired) electrons. The molecular weight excluding hydrogens is 280 g/mol. The highest BCUT2D eigenvalue weighted by atomic mass is 16.3. The molecule has 2 rings (SSSR count). The van der Waals surface area contributed by atoms with E-state index in [-0.39, 0.29) is 19.1 Å². The van der Waals surface area contributed by atoms with Crippen molar-refractivity contribution in [1.29, 1.82) is 0 Å². The molecule has 0 saturated carbocycles. The molecule has 6 nitrogen and oxygen atoms in total. The van der Waals surface area contributed by atoms with Gasteiger partial charge in [-0.25, -0.2) is 0 Å². The third-order valence-corrected chi connectivity index (χ3v) is 3.55. The average molecular weight is 302 g/mol. The van der Waals surface area contributed by atoms with Gasteiger partial charge in [-0.2, -0.15) is 5.10 Å². The summed E-state index contributed by atoms with van der Waals surface area (Å²) in [6.07, 6.45) is 3.42.